The molecular formula is C33H34BBrN2O8. The molecule has 0 radical (unpaired) electrons. The first-order chi connectivity index (χ1) is 21.6. The van der Waals surface area contributed by atoms with Gasteiger partial charge in [-0.15, -0.1) is 0 Å². The molecule has 0 unspecified atom stereocenters. The van der Waals surface area contributed by atoms with E-state index in [9.17, 15) is 35.0 Å². The molecule has 45 heavy (non-hydrogen) atoms. The first-order valence-corrected chi connectivity index (χ1v) is 15.4. The third-order valence-electron chi connectivity index (χ3n) is 8.49. The van der Waals surface area contributed by atoms with E-state index in [-0.39, 0.29) is 36.3 Å². The molecule has 0 saturated carbocycles. The Morgan fingerprint density at radius 1 is 1.13 bits per heavy atom. The van der Waals surface area contributed by atoms with E-state index in [1.165, 1.54) is 25.3 Å². The SMILES string of the molecule is COCC1=C([C@H](O)CC/C(=C/c2cc(Br)ccc2O)c2ccccn2)[C@H](CO)[C@@H]2C(=O)N(c3cccc(B(O)O)c3)C(=O)[C@@H]2C1. The summed E-state index contributed by atoms with van der Waals surface area (Å²) in [7, 11) is -0.275. The number of methoxy groups -OCH3 is 1. The fourth-order valence-electron chi connectivity index (χ4n) is 6.45. The first kappa shape index (κ1) is 32.7. The number of anilines is 1. The van der Waals surface area contributed by atoms with Gasteiger partial charge in [0.25, 0.3) is 0 Å². The van der Waals surface area contributed by atoms with Gasteiger partial charge in [0.1, 0.15) is 5.75 Å². The summed E-state index contributed by atoms with van der Waals surface area (Å²) in [6.07, 6.45) is 3.11. The minimum atomic E-state index is -1.78. The molecule has 5 rings (SSSR count). The van der Waals surface area contributed by atoms with Gasteiger partial charge in [-0.3, -0.25) is 19.5 Å². The largest absolute Gasteiger partial charge is 0.507 e. The second-order valence-electron chi connectivity index (χ2n) is 11.2. The van der Waals surface area contributed by atoms with Crippen LogP contribution in [0.1, 0.15) is 30.5 Å². The summed E-state index contributed by atoms with van der Waals surface area (Å²) >= 11 is 3.44. The van der Waals surface area contributed by atoms with Crippen LogP contribution in [-0.4, -0.2) is 75.7 Å². The van der Waals surface area contributed by atoms with Gasteiger partial charge in [0, 0.05) is 29.3 Å². The van der Waals surface area contributed by atoms with Gasteiger partial charge in [-0.1, -0.05) is 34.1 Å². The molecule has 5 N–H and O–H groups in total. The zero-order valence-corrected chi connectivity index (χ0v) is 26.2. The second kappa shape index (κ2) is 14.2. The maximum atomic E-state index is 13.8. The lowest BCUT2D eigenvalue weighted by atomic mass is 9.68. The average molecular weight is 677 g/mol. The summed E-state index contributed by atoms with van der Waals surface area (Å²) in [5, 5.41) is 52.1. The van der Waals surface area contributed by atoms with Crippen molar-refractivity contribution in [2.45, 2.75) is 25.4 Å². The van der Waals surface area contributed by atoms with Gasteiger partial charge in [0.05, 0.1) is 42.5 Å². The van der Waals surface area contributed by atoms with E-state index in [0.29, 0.717) is 28.8 Å². The highest BCUT2D eigenvalue weighted by molar-refractivity contribution is 9.10. The van der Waals surface area contributed by atoms with E-state index in [1.54, 1.807) is 36.5 Å². The quantitative estimate of drug-likeness (QED) is 0.117. The number of imide groups is 1. The summed E-state index contributed by atoms with van der Waals surface area (Å²) < 4.78 is 6.23. The molecular weight excluding hydrogens is 643 g/mol. The number of carbonyl (C=O) groups excluding carboxylic acids is 2. The smallest absolute Gasteiger partial charge is 0.488 e. The number of phenolic OH excluding ortho intramolecular Hbond substituents is 1. The van der Waals surface area contributed by atoms with Gasteiger partial charge in [-0.2, -0.15) is 0 Å². The van der Waals surface area contributed by atoms with Crippen LogP contribution in [0.25, 0.3) is 11.6 Å². The number of hydrogen-bond acceptors (Lipinski definition) is 9. The fourth-order valence-corrected chi connectivity index (χ4v) is 6.83. The lowest BCUT2D eigenvalue weighted by Gasteiger charge is -2.36. The number of aliphatic hydroxyl groups is 2. The molecule has 4 atom stereocenters. The maximum absolute atomic E-state index is 13.8. The van der Waals surface area contributed by atoms with E-state index in [2.05, 4.69) is 20.9 Å². The molecule has 234 valence electrons. The van der Waals surface area contributed by atoms with Gasteiger partial charge < -0.3 is 30.1 Å². The van der Waals surface area contributed by atoms with Crippen LogP contribution in [0.15, 0.2) is 82.5 Å². The number of carbonyl (C=O) groups is 2. The van der Waals surface area contributed by atoms with Crippen LogP contribution < -0.4 is 10.4 Å². The Hall–Kier alpha value is -3.65. The van der Waals surface area contributed by atoms with Crippen LogP contribution in [0.2, 0.25) is 0 Å². The van der Waals surface area contributed by atoms with E-state index in [1.807, 2.05) is 18.2 Å². The van der Waals surface area contributed by atoms with E-state index in [4.69, 9.17) is 4.74 Å². The van der Waals surface area contributed by atoms with Crippen molar-refractivity contribution >= 4 is 57.7 Å². The number of halogens is 1. The number of phenols is 1. The fraction of sp³-hybridized carbons (Fsp3) is 0.303. The van der Waals surface area contributed by atoms with Crippen molar-refractivity contribution < 1.29 is 39.7 Å². The molecule has 2 amide bonds. The van der Waals surface area contributed by atoms with Crippen molar-refractivity contribution in [1.29, 1.82) is 0 Å². The molecule has 1 aliphatic heterocycles. The molecule has 3 aromatic rings. The van der Waals surface area contributed by atoms with Crippen molar-refractivity contribution in [2.24, 2.45) is 17.8 Å². The standard InChI is InChI=1S/C33H34BBrN2O8/c1-45-18-21-15-25-31(33(42)37(32(25)41)24-6-4-5-22(16-24)34(43)44)26(17-38)30(21)29(40)10-8-19(27-7-2-3-12-36-27)13-20-14-23(35)9-11-28(20)39/h2-7,9,11-14,16,25-26,29,31,38-40,43-44H,8,10,15,17-18H2,1H3/b19-13-/t25-,26+,29-,31-/m1/s1. The number of pyridine rings is 1. The van der Waals surface area contributed by atoms with Crippen LogP contribution in [0.3, 0.4) is 0 Å². The Balaban J connectivity index is 1.46. The molecule has 2 aliphatic rings. The molecule has 1 aromatic heterocycles. The molecule has 0 spiro atoms. The number of hydrogen-bond donors (Lipinski definition) is 5. The number of benzene rings is 2. The number of ether oxygens (including phenoxy) is 1. The molecule has 2 heterocycles. The Kier molecular flexibility index (Phi) is 10.3. The summed E-state index contributed by atoms with van der Waals surface area (Å²) in [5.74, 6) is -3.42. The molecule has 1 saturated heterocycles. The van der Waals surface area contributed by atoms with Crippen LogP contribution in [0.5, 0.6) is 5.75 Å². The lowest BCUT2D eigenvalue weighted by Crippen LogP contribution is -2.39. The Bertz CT molecular complexity index is 1630. The minimum Gasteiger partial charge on any atom is -0.507 e. The summed E-state index contributed by atoms with van der Waals surface area (Å²) in [5.41, 5.74) is 3.47. The highest BCUT2D eigenvalue weighted by Crippen LogP contribution is 2.47. The monoisotopic (exact) mass is 676 g/mol. The zero-order chi connectivity index (χ0) is 32.2. The number of amides is 2. The van der Waals surface area contributed by atoms with E-state index in [0.717, 1.165) is 14.9 Å². The van der Waals surface area contributed by atoms with Crippen molar-refractivity contribution in [3.8, 4) is 5.75 Å². The van der Waals surface area contributed by atoms with Gasteiger partial charge in [-0.05, 0) is 90.0 Å². The van der Waals surface area contributed by atoms with E-state index < -0.39 is 49.4 Å². The number of fused-ring (bicyclic) bond motifs is 1. The minimum absolute atomic E-state index is 0.0870. The van der Waals surface area contributed by atoms with Crippen molar-refractivity contribution in [1.82, 2.24) is 4.98 Å². The molecule has 2 aromatic carbocycles. The highest BCUT2D eigenvalue weighted by atomic mass is 79.9. The normalized spacial score (nSPS) is 20.9. The van der Waals surface area contributed by atoms with E-state index >= 15 is 0 Å². The maximum Gasteiger partial charge on any atom is 0.488 e. The molecule has 12 heteroatoms. The Morgan fingerprint density at radius 2 is 1.93 bits per heavy atom. The summed E-state index contributed by atoms with van der Waals surface area (Å²) in [4.78, 5) is 33.0. The van der Waals surface area contributed by atoms with Crippen molar-refractivity contribution in [3.63, 3.8) is 0 Å². The highest BCUT2D eigenvalue weighted by Gasteiger charge is 2.55. The third kappa shape index (κ3) is 6.81. The predicted octanol–water partition coefficient (Wildman–Crippen LogP) is 2.67. The molecule has 1 aliphatic carbocycles. The van der Waals surface area contributed by atoms with Crippen molar-refractivity contribution in [2.75, 3.05) is 25.2 Å². The van der Waals surface area contributed by atoms with Crippen LogP contribution in [0.4, 0.5) is 5.69 Å². The number of allylic oxidation sites excluding steroid dienone is 1. The van der Waals surface area contributed by atoms with Crippen LogP contribution in [-0.2, 0) is 14.3 Å². The van der Waals surface area contributed by atoms with Gasteiger partial charge in [-0.25, -0.2) is 0 Å². The zero-order valence-electron chi connectivity index (χ0n) is 24.6. The number of aromatic nitrogens is 1. The number of aliphatic hydroxyl groups excluding tert-OH is 2. The van der Waals surface area contributed by atoms with Gasteiger partial charge in [0.2, 0.25) is 11.8 Å². The summed E-state index contributed by atoms with van der Waals surface area (Å²) in [6, 6.07) is 16.5. The third-order valence-corrected chi connectivity index (χ3v) is 8.98. The summed E-state index contributed by atoms with van der Waals surface area (Å²) in [6.45, 7) is -0.369. The second-order valence-corrected chi connectivity index (χ2v) is 12.2. The molecule has 0 bridgehead atoms. The Morgan fingerprint density at radius 3 is 2.62 bits per heavy atom. The topological polar surface area (TPSA) is 161 Å². The first-order valence-electron chi connectivity index (χ1n) is 14.6. The van der Waals surface area contributed by atoms with Crippen LogP contribution in [0, 0.1) is 17.8 Å². The predicted molar refractivity (Wildman–Crippen MR) is 173 cm³/mol. The van der Waals surface area contributed by atoms with Gasteiger partial charge >= 0.3 is 7.12 Å². The van der Waals surface area contributed by atoms with Crippen molar-refractivity contribution in [3.05, 3.63) is 93.7 Å². The molecule has 10 nitrogen and oxygen atoms in total. The average Bonchev–Trinajstić information content (AvgIpc) is 3.29. The van der Waals surface area contributed by atoms with Gasteiger partial charge in [0.15, 0.2) is 0 Å². The molecule has 1 fully saturated rings. The lowest BCUT2D eigenvalue weighted by molar-refractivity contribution is -0.123. The number of aromatic hydroxyl groups is 1. The number of nitrogens with zero attached hydrogens (tertiary/aromatic N) is 2. The van der Waals surface area contributed by atoms with Crippen LogP contribution >= 0.6 is 15.9 Å². The number of rotatable bonds is 11. The Labute approximate surface area is 269 Å².